The van der Waals surface area contributed by atoms with Gasteiger partial charge in [0.2, 0.25) is 0 Å². The Hall–Kier alpha value is -3.83. The van der Waals surface area contributed by atoms with Crippen LogP contribution in [0.2, 0.25) is 0 Å². The molecule has 0 unspecified atom stereocenters. The van der Waals surface area contributed by atoms with Crippen LogP contribution in [0.15, 0.2) is 48.0 Å². The maximum atomic E-state index is 12.3. The number of hydrogen-bond donors (Lipinski definition) is 1. The standard InChI is InChI=1S/C24H26N2O6/c1-29-13-12-26-24(28)19(16-25)14-18-6-10-21(22(15-18)31-3)32-23(27)11-7-17-4-8-20(30-2)9-5-17/h4-6,8-10,14-15H,7,11-13H2,1-3H3,(H,26,28)/b19-14+. The van der Waals surface area contributed by atoms with Crippen molar-refractivity contribution >= 4 is 18.0 Å². The SMILES string of the molecule is COCCNC(=O)/C(C#N)=C/c1ccc(OC(=O)CCc2ccc(OC)cc2)c(OC)c1. The highest BCUT2D eigenvalue weighted by Crippen LogP contribution is 2.29. The molecule has 2 aromatic rings. The smallest absolute Gasteiger partial charge is 0.311 e. The molecule has 0 radical (unpaired) electrons. The Balaban J connectivity index is 2.03. The number of amides is 1. The molecular formula is C24H26N2O6. The number of carbonyl (C=O) groups is 2. The number of benzene rings is 2. The van der Waals surface area contributed by atoms with Gasteiger partial charge in [-0.25, -0.2) is 0 Å². The third-order valence-corrected chi connectivity index (χ3v) is 4.46. The molecule has 2 aromatic carbocycles. The third-order valence-electron chi connectivity index (χ3n) is 4.46. The second-order valence-corrected chi connectivity index (χ2v) is 6.65. The van der Waals surface area contributed by atoms with Crippen LogP contribution in [0.25, 0.3) is 6.08 Å². The number of nitrogens with zero attached hydrogens (tertiary/aromatic N) is 1. The van der Waals surface area contributed by atoms with Crippen molar-refractivity contribution in [3.63, 3.8) is 0 Å². The summed E-state index contributed by atoms with van der Waals surface area (Å²) in [6, 6.07) is 14.1. The summed E-state index contributed by atoms with van der Waals surface area (Å²) in [6.45, 7) is 0.639. The highest BCUT2D eigenvalue weighted by Gasteiger charge is 2.13. The van der Waals surface area contributed by atoms with Crippen molar-refractivity contribution in [1.82, 2.24) is 5.32 Å². The van der Waals surface area contributed by atoms with Crippen LogP contribution in [0, 0.1) is 11.3 Å². The minimum absolute atomic E-state index is 0.0626. The van der Waals surface area contributed by atoms with Gasteiger partial charge < -0.3 is 24.3 Å². The lowest BCUT2D eigenvalue weighted by Gasteiger charge is -2.10. The molecule has 0 saturated carbocycles. The van der Waals surface area contributed by atoms with Gasteiger partial charge in [-0.05, 0) is 47.9 Å². The van der Waals surface area contributed by atoms with Crippen molar-refractivity contribution in [3.05, 3.63) is 59.2 Å². The summed E-state index contributed by atoms with van der Waals surface area (Å²) in [5, 5.41) is 11.9. The van der Waals surface area contributed by atoms with E-state index in [-0.39, 0.29) is 17.7 Å². The van der Waals surface area contributed by atoms with E-state index in [0.29, 0.717) is 30.9 Å². The summed E-state index contributed by atoms with van der Waals surface area (Å²) in [6.07, 6.45) is 2.15. The lowest BCUT2D eigenvalue weighted by Crippen LogP contribution is -2.27. The average molecular weight is 438 g/mol. The Morgan fingerprint density at radius 3 is 2.41 bits per heavy atom. The van der Waals surface area contributed by atoms with Gasteiger partial charge in [0.1, 0.15) is 17.4 Å². The van der Waals surface area contributed by atoms with E-state index in [1.807, 2.05) is 30.3 Å². The molecule has 0 aliphatic carbocycles. The average Bonchev–Trinajstić information content (AvgIpc) is 2.82. The summed E-state index contributed by atoms with van der Waals surface area (Å²) in [4.78, 5) is 24.4. The van der Waals surface area contributed by atoms with Crippen LogP contribution in [-0.2, 0) is 20.7 Å². The fraction of sp³-hybridized carbons (Fsp3) is 0.292. The second-order valence-electron chi connectivity index (χ2n) is 6.65. The molecule has 0 aliphatic rings. The molecule has 8 nitrogen and oxygen atoms in total. The minimum atomic E-state index is -0.502. The lowest BCUT2D eigenvalue weighted by molar-refractivity contribution is -0.134. The summed E-state index contributed by atoms with van der Waals surface area (Å²) in [5.41, 5.74) is 1.48. The van der Waals surface area contributed by atoms with E-state index in [0.717, 1.165) is 11.3 Å². The summed E-state index contributed by atoms with van der Waals surface area (Å²) in [5.74, 6) is 0.415. The van der Waals surface area contributed by atoms with Crippen LogP contribution in [0.3, 0.4) is 0 Å². The van der Waals surface area contributed by atoms with Crippen LogP contribution >= 0.6 is 0 Å². The predicted molar refractivity (Wildman–Crippen MR) is 118 cm³/mol. The van der Waals surface area contributed by atoms with E-state index in [2.05, 4.69) is 5.32 Å². The molecule has 0 heterocycles. The van der Waals surface area contributed by atoms with Crippen molar-refractivity contribution in [2.75, 3.05) is 34.5 Å². The number of nitrogens with one attached hydrogen (secondary N) is 1. The molecule has 168 valence electrons. The first-order chi connectivity index (χ1) is 15.5. The van der Waals surface area contributed by atoms with E-state index in [1.165, 1.54) is 20.3 Å². The van der Waals surface area contributed by atoms with Gasteiger partial charge in [0.05, 0.1) is 20.8 Å². The van der Waals surface area contributed by atoms with Crippen LogP contribution < -0.4 is 19.5 Å². The van der Waals surface area contributed by atoms with Crippen LogP contribution in [-0.4, -0.2) is 46.4 Å². The number of hydrogen-bond acceptors (Lipinski definition) is 7. The fourth-order valence-corrected chi connectivity index (χ4v) is 2.75. The molecule has 0 aromatic heterocycles. The van der Waals surface area contributed by atoms with Gasteiger partial charge in [-0.2, -0.15) is 5.26 Å². The van der Waals surface area contributed by atoms with Crippen molar-refractivity contribution in [2.45, 2.75) is 12.8 Å². The molecule has 0 bridgehead atoms. The van der Waals surface area contributed by atoms with Gasteiger partial charge in [0.15, 0.2) is 11.5 Å². The summed E-state index contributed by atoms with van der Waals surface area (Å²) in [7, 11) is 4.56. The van der Waals surface area contributed by atoms with Gasteiger partial charge in [-0.15, -0.1) is 0 Å². The predicted octanol–water partition coefficient (Wildman–Crippen LogP) is 2.91. The largest absolute Gasteiger partial charge is 0.497 e. The Kier molecular flexibility index (Phi) is 9.75. The first-order valence-electron chi connectivity index (χ1n) is 9.91. The zero-order valence-electron chi connectivity index (χ0n) is 18.3. The van der Waals surface area contributed by atoms with Crippen molar-refractivity contribution in [2.24, 2.45) is 0 Å². The first-order valence-corrected chi connectivity index (χ1v) is 9.91. The number of ether oxygens (including phenoxy) is 4. The van der Waals surface area contributed by atoms with E-state index < -0.39 is 11.9 Å². The maximum Gasteiger partial charge on any atom is 0.311 e. The molecule has 8 heteroatoms. The fourth-order valence-electron chi connectivity index (χ4n) is 2.75. The number of nitriles is 1. The molecule has 0 atom stereocenters. The molecule has 2 rings (SSSR count). The Morgan fingerprint density at radius 2 is 1.78 bits per heavy atom. The summed E-state index contributed by atoms with van der Waals surface area (Å²) < 4.78 is 20.7. The Labute approximate surface area is 187 Å². The number of carbonyl (C=O) groups excluding carboxylic acids is 2. The van der Waals surface area contributed by atoms with Crippen molar-refractivity contribution in [1.29, 1.82) is 5.26 Å². The number of esters is 1. The number of aryl methyl sites for hydroxylation is 1. The van der Waals surface area contributed by atoms with Gasteiger partial charge in [0, 0.05) is 20.1 Å². The monoisotopic (exact) mass is 438 g/mol. The molecule has 0 aliphatic heterocycles. The maximum absolute atomic E-state index is 12.3. The lowest BCUT2D eigenvalue weighted by atomic mass is 10.1. The Bertz CT molecular complexity index is 993. The molecule has 32 heavy (non-hydrogen) atoms. The second kappa shape index (κ2) is 12.8. The van der Waals surface area contributed by atoms with E-state index in [1.54, 1.807) is 25.3 Å². The van der Waals surface area contributed by atoms with Crippen molar-refractivity contribution in [3.8, 4) is 23.3 Å². The molecule has 0 saturated heterocycles. The van der Waals surface area contributed by atoms with Crippen LogP contribution in [0.1, 0.15) is 17.5 Å². The highest BCUT2D eigenvalue weighted by atomic mass is 16.6. The molecule has 0 spiro atoms. The zero-order valence-corrected chi connectivity index (χ0v) is 18.3. The summed E-state index contributed by atoms with van der Waals surface area (Å²) >= 11 is 0. The normalized spacial score (nSPS) is 10.8. The highest BCUT2D eigenvalue weighted by molar-refractivity contribution is 6.01. The quantitative estimate of drug-likeness (QED) is 0.189. The third kappa shape index (κ3) is 7.45. The topological polar surface area (TPSA) is 107 Å². The molecule has 1 N–H and O–H groups in total. The van der Waals surface area contributed by atoms with Gasteiger partial charge in [-0.1, -0.05) is 18.2 Å². The Morgan fingerprint density at radius 1 is 1.03 bits per heavy atom. The molecule has 0 fully saturated rings. The zero-order chi connectivity index (χ0) is 23.3. The molecular weight excluding hydrogens is 412 g/mol. The van der Waals surface area contributed by atoms with E-state index in [4.69, 9.17) is 18.9 Å². The minimum Gasteiger partial charge on any atom is -0.497 e. The molecule has 1 amide bonds. The number of rotatable bonds is 11. The van der Waals surface area contributed by atoms with Gasteiger partial charge in [-0.3, -0.25) is 9.59 Å². The first kappa shape index (κ1) is 24.4. The number of methoxy groups -OCH3 is 3. The van der Waals surface area contributed by atoms with Gasteiger partial charge in [0.25, 0.3) is 5.91 Å². The van der Waals surface area contributed by atoms with Crippen molar-refractivity contribution < 1.29 is 28.5 Å². The van der Waals surface area contributed by atoms with E-state index >= 15 is 0 Å². The van der Waals surface area contributed by atoms with Crippen LogP contribution in [0.4, 0.5) is 0 Å². The van der Waals surface area contributed by atoms with Crippen LogP contribution in [0.5, 0.6) is 17.2 Å². The van der Waals surface area contributed by atoms with E-state index in [9.17, 15) is 14.9 Å². The van der Waals surface area contributed by atoms with Gasteiger partial charge >= 0.3 is 5.97 Å².